The highest BCUT2D eigenvalue weighted by Crippen LogP contribution is 2.27. The molecule has 0 aliphatic carbocycles. The van der Waals surface area contributed by atoms with Crippen molar-refractivity contribution in [3.8, 4) is 5.75 Å². The number of rotatable bonds is 6. The second-order valence-electron chi connectivity index (χ2n) is 6.55. The molecule has 1 aliphatic rings. The van der Waals surface area contributed by atoms with E-state index in [0.717, 1.165) is 11.3 Å². The number of benzene rings is 1. The van der Waals surface area contributed by atoms with E-state index in [9.17, 15) is 14.0 Å². The quantitative estimate of drug-likeness (QED) is 0.819. The van der Waals surface area contributed by atoms with Gasteiger partial charge in [-0.1, -0.05) is 19.9 Å². The number of hydrogen-bond acceptors (Lipinski definition) is 3. The topological polar surface area (TPSA) is 58.6 Å². The molecule has 1 fully saturated rings. The van der Waals surface area contributed by atoms with E-state index in [1.807, 2.05) is 0 Å². The fraction of sp³-hybridized carbons (Fsp3) is 0.529. The normalized spacial score (nSPS) is 21.0. The van der Waals surface area contributed by atoms with Crippen molar-refractivity contribution < 1.29 is 18.7 Å². The van der Waals surface area contributed by atoms with Gasteiger partial charge >= 0.3 is 6.03 Å². The molecule has 0 aromatic heterocycles. The van der Waals surface area contributed by atoms with Gasteiger partial charge in [-0.3, -0.25) is 9.69 Å². The zero-order valence-corrected chi connectivity index (χ0v) is 14.0. The molecule has 1 aromatic carbocycles. The van der Waals surface area contributed by atoms with Crippen LogP contribution in [0.25, 0.3) is 0 Å². The van der Waals surface area contributed by atoms with E-state index in [1.54, 1.807) is 13.0 Å². The third-order valence-corrected chi connectivity index (χ3v) is 4.12. The van der Waals surface area contributed by atoms with Crippen molar-refractivity contribution in [1.82, 2.24) is 10.2 Å². The van der Waals surface area contributed by atoms with Crippen molar-refractivity contribution >= 4 is 11.9 Å². The van der Waals surface area contributed by atoms with Gasteiger partial charge in [0.1, 0.15) is 5.54 Å². The van der Waals surface area contributed by atoms with Gasteiger partial charge in [0, 0.05) is 0 Å². The second-order valence-corrected chi connectivity index (χ2v) is 6.55. The average Bonchev–Trinajstić information content (AvgIpc) is 2.69. The molecule has 5 nitrogen and oxygen atoms in total. The Labute approximate surface area is 135 Å². The van der Waals surface area contributed by atoms with Gasteiger partial charge < -0.3 is 10.1 Å². The second kappa shape index (κ2) is 6.56. The Balaban J connectivity index is 2.13. The average molecular weight is 322 g/mol. The fourth-order valence-electron chi connectivity index (χ4n) is 2.63. The largest absolute Gasteiger partial charge is 0.494 e. The molecule has 126 valence electrons. The summed E-state index contributed by atoms with van der Waals surface area (Å²) >= 11 is 0. The minimum absolute atomic E-state index is 0.0445. The molecule has 3 amide bonds. The number of ether oxygens (including phenoxy) is 1. The first-order valence-electron chi connectivity index (χ1n) is 7.73. The van der Waals surface area contributed by atoms with Crippen LogP contribution in [0.4, 0.5) is 9.18 Å². The van der Waals surface area contributed by atoms with E-state index in [2.05, 4.69) is 19.2 Å². The molecular formula is C17H23FN2O3. The molecule has 1 saturated heterocycles. The third-order valence-electron chi connectivity index (χ3n) is 4.12. The maximum absolute atomic E-state index is 13.8. The predicted molar refractivity (Wildman–Crippen MR) is 84.5 cm³/mol. The molecule has 1 N–H and O–H groups in total. The molecule has 1 unspecified atom stereocenters. The SMILES string of the molecule is COc1ccc(CN2C(=O)NC(C)(CCC(C)C)C2=O)cc1F. The van der Waals surface area contributed by atoms with Crippen LogP contribution < -0.4 is 10.1 Å². The maximum atomic E-state index is 13.8. The number of amides is 3. The van der Waals surface area contributed by atoms with E-state index in [4.69, 9.17) is 4.74 Å². The number of hydrogen-bond donors (Lipinski definition) is 1. The van der Waals surface area contributed by atoms with E-state index in [1.165, 1.54) is 19.2 Å². The van der Waals surface area contributed by atoms with E-state index >= 15 is 0 Å². The minimum Gasteiger partial charge on any atom is -0.494 e. The summed E-state index contributed by atoms with van der Waals surface area (Å²) in [4.78, 5) is 25.9. The summed E-state index contributed by atoms with van der Waals surface area (Å²) < 4.78 is 18.6. The first kappa shape index (κ1) is 17.2. The number of nitrogens with one attached hydrogen (secondary N) is 1. The third kappa shape index (κ3) is 3.63. The summed E-state index contributed by atoms with van der Waals surface area (Å²) in [6, 6.07) is 3.98. The lowest BCUT2D eigenvalue weighted by atomic mass is 9.92. The van der Waals surface area contributed by atoms with Gasteiger partial charge in [0.25, 0.3) is 5.91 Å². The number of methoxy groups -OCH3 is 1. The molecule has 0 spiro atoms. The molecule has 0 saturated carbocycles. The van der Waals surface area contributed by atoms with Gasteiger partial charge in [0.2, 0.25) is 0 Å². The van der Waals surface area contributed by atoms with Crippen molar-refractivity contribution in [3.63, 3.8) is 0 Å². The highest BCUT2D eigenvalue weighted by molar-refractivity contribution is 6.06. The molecule has 6 heteroatoms. The van der Waals surface area contributed by atoms with Gasteiger partial charge in [-0.2, -0.15) is 0 Å². The van der Waals surface area contributed by atoms with Crippen molar-refractivity contribution in [2.24, 2.45) is 5.92 Å². The van der Waals surface area contributed by atoms with Crippen LogP contribution in [0.2, 0.25) is 0 Å². The Morgan fingerprint density at radius 3 is 2.61 bits per heavy atom. The van der Waals surface area contributed by atoms with Gasteiger partial charge in [-0.15, -0.1) is 0 Å². The smallest absolute Gasteiger partial charge is 0.325 e. The fourth-order valence-corrected chi connectivity index (χ4v) is 2.63. The van der Waals surface area contributed by atoms with Gasteiger partial charge in [0.05, 0.1) is 13.7 Å². The molecule has 0 bridgehead atoms. The van der Waals surface area contributed by atoms with Gasteiger partial charge in [0.15, 0.2) is 11.6 Å². The first-order valence-corrected chi connectivity index (χ1v) is 7.73. The lowest BCUT2D eigenvalue weighted by Crippen LogP contribution is -2.44. The number of carbonyl (C=O) groups excluding carboxylic acids is 2. The van der Waals surface area contributed by atoms with Crippen LogP contribution in [-0.4, -0.2) is 29.5 Å². The lowest BCUT2D eigenvalue weighted by molar-refractivity contribution is -0.131. The minimum atomic E-state index is -0.883. The van der Waals surface area contributed by atoms with Crippen LogP contribution in [0, 0.1) is 11.7 Å². The Morgan fingerprint density at radius 1 is 1.35 bits per heavy atom. The molecule has 1 aliphatic heterocycles. The summed E-state index contributed by atoms with van der Waals surface area (Å²) in [5, 5.41) is 2.76. The van der Waals surface area contributed by atoms with Crippen LogP contribution in [0.15, 0.2) is 18.2 Å². The number of halogens is 1. The Morgan fingerprint density at radius 2 is 2.04 bits per heavy atom. The van der Waals surface area contributed by atoms with E-state index in [-0.39, 0.29) is 18.2 Å². The van der Waals surface area contributed by atoms with Gasteiger partial charge in [-0.25, -0.2) is 9.18 Å². The standard InChI is InChI=1S/C17H23FN2O3/c1-11(2)7-8-17(3)15(21)20(16(22)19-17)10-12-5-6-14(23-4)13(18)9-12/h5-6,9,11H,7-8,10H2,1-4H3,(H,19,22). The number of imide groups is 1. The summed E-state index contributed by atoms with van der Waals surface area (Å²) in [6.07, 6.45) is 1.43. The predicted octanol–water partition coefficient (Wildman–Crippen LogP) is 3.08. The first-order chi connectivity index (χ1) is 10.8. The molecule has 23 heavy (non-hydrogen) atoms. The molecule has 1 heterocycles. The zero-order chi connectivity index (χ0) is 17.2. The van der Waals surface area contributed by atoms with E-state index < -0.39 is 17.4 Å². The summed E-state index contributed by atoms with van der Waals surface area (Å²) in [5.74, 6) is -0.201. The monoisotopic (exact) mass is 322 g/mol. The van der Waals surface area contributed by atoms with Gasteiger partial charge in [-0.05, 0) is 43.4 Å². The molecule has 1 aromatic rings. The number of carbonyl (C=O) groups is 2. The summed E-state index contributed by atoms with van der Waals surface area (Å²) in [7, 11) is 1.38. The molecule has 2 rings (SSSR count). The summed E-state index contributed by atoms with van der Waals surface area (Å²) in [6.45, 7) is 5.93. The highest BCUT2D eigenvalue weighted by atomic mass is 19.1. The van der Waals surface area contributed by atoms with Crippen LogP contribution in [0.5, 0.6) is 5.75 Å². The Hall–Kier alpha value is -2.11. The summed E-state index contributed by atoms with van der Waals surface area (Å²) in [5.41, 5.74) is -0.341. The van der Waals surface area contributed by atoms with Crippen molar-refractivity contribution in [1.29, 1.82) is 0 Å². The Bertz CT molecular complexity index is 618. The lowest BCUT2D eigenvalue weighted by Gasteiger charge is -2.22. The molecular weight excluding hydrogens is 299 g/mol. The Kier molecular flexibility index (Phi) is 4.92. The van der Waals surface area contributed by atoms with Crippen molar-refractivity contribution in [2.45, 2.75) is 45.7 Å². The highest BCUT2D eigenvalue weighted by Gasteiger charge is 2.47. The zero-order valence-electron chi connectivity index (χ0n) is 14.0. The van der Waals surface area contributed by atoms with Crippen LogP contribution in [0.1, 0.15) is 39.2 Å². The maximum Gasteiger partial charge on any atom is 0.325 e. The van der Waals surface area contributed by atoms with Crippen molar-refractivity contribution in [3.05, 3.63) is 29.6 Å². The van der Waals surface area contributed by atoms with Crippen molar-refractivity contribution in [2.75, 3.05) is 7.11 Å². The van der Waals surface area contributed by atoms with Crippen LogP contribution in [-0.2, 0) is 11.3 Å². The van der Waals surface area contributed by atoms with Crippen LogP contribution in [0.3, 0.4) is 0 Å². The molecule has 0 radical (unpaired) electrons. The number of urea groups is 1. The molecule has 1 atom stereocenters. The van der Waals surface area contributed by atoms with E-state index in [0.29, 0.717) is 17.9 Å². The van der Waals surface area contributed by atoms with Crippen LogP contribution >= 0.6 is 0 Å². The number of nitrogens with zero attached hydrogens (tertiary/aromatic N) is 1.